The van der Waals surface area contributed by atoms with Crippen molar-refractivity contribution in [3.05, 3.63) is 23.9 Å². The summed E-state index contributed by atoms with van der Waals surface area (Å²) in [5, 5.41) is 3.11. The zero-order chi connectivity index (χ0) is 13.2. The van der Waals surface area contributed by atoms with Crippen molar-refractivity contribution >= 4 is 5.82 Å². The van der Waals surface area contributed by atoms with Gasteiger partial charge in [-0.15, -0.1) is 0 Å². The molecule has 0 aromatic carbocycles. The van der Waals surface area contributed by atoms with Crippen molar-refractivity contribution in [2.24, 2.45) is 11.8 Å². The van der Waals surface area contributed by atoms with Crippen molar-refractivity contribution in [1.82, 2.24) is 4.98 Å². The predicted octanol–water partition coefficient (Wildman–Crippen LogP) is 3.95. The lowest BCUT2D eigenvalue weighted by molar-refractivity contribution is -0.137. The average molecular weight is 258 g/mol. The summed E-state index contributed by atoms with van der Waals surface area (Å²) in [6.45, 7) is 3.03. The summed E-state index contributed by atoms with van der Waals surface area (Å²) in [5.74, 6) is 1.89. The van der Waals surface area contributed by atoms with Crippen LogP contribution in [0, 0.1) is 11.8 Å². The summed E-state index contributed by atoms with van der Waals surface area (Å²) in [6, 6.07) is 2.45. The minimum atomic E-state index is -4.31. The number of hydrogen-bond acceptors (Lipinski definition) is 2. The number of halogens is 3. The Morgan fingerprint density at radius 2 is 2.11 bits per heavy atom. The molecule has 100 valence electrons. The van der Waals surface area contributed by atoms with E-state index in [0.29, 0.717) is 11.7 Å². The third-order valence-corrected chi connectivity index (χ3v) is 3.47. The van der Waals surface area contributed by atoms with Crippen molar-refractivity contribution in [3.8, 4) is 0 Å². The first-order valence-corrected chi connectivity index (χ1v) is 6.22. The van der Waals surface area contributed by atoms with Crippen LogP contribution in [0.25, 0.3) is 0 Å². The summed E-state index contributed by atoms with van der Waals surface area (Å²) >= 11 is 0. The normalized spacial score (nSPS) is 24.2. The number of alkyl halides is 3. The minimum Gasteiger partial charge on any atom is -0.370 e. The quantitative estimate of drug-likeness (QED) is 0.888. The van der Waals surface area contributed by atoms with Gasteiger partial charge in [0.25, 0.3) is 0 Å². The van der Waals surface area contributed by atoms with E-state index in [9.17, 15) is 13.2 Å². The van der Waals surface area contributed by atoms with Gasteiger partial charge in [0.05, 0.1) is 5.56 Å². The molecule has 0 saturated heterocycles. The van der Waals surface area contributed by atoms with Gasteiger partial charge in [0, 0.05) is 12.7 Å². The molecule has 2 atom stereocenters. The van der Waals surface area contributed by atoms with Gasteiger partial charge in [-0.05, 0) is 36.8 Å². The molecule has 1 aliphatic rings. The first kappa shape index (κ1) is 13.2. The number of anilines is 1. The Hall–Kier alpha value is -1.26. The first-order valence-electron chi connectivity index (χ1n) is 6.22. The van der Waals surface area contributed by atoms with Crippen LogP contribution in [0.4, 0.5) is 19.0 Å². The van der Waals surface area contributed by atoms with E-state index >= 15 is 0 Å². The van der Waals surface area contributed by atoms with Crippen molar-refractivity contribution in [2.75, 3.05) is 11.9 Å². The van der Waals surface area contributed by atoms with E-state index < -0.39 is 11.7 Å². The van der Waals surface area contributed by atoms with E-state index in [1.165, 1.54) is 25.3 Å². The maximum absolute atomic E-state index is 12.3. The molecule has 0 bridgehead atoms. The summed E-state index contributed by atoms with van der Waals surface area (Å²) in [4.78, 5) is 3.79. The van der Waals surface area contributed by atoms with E-state index in [-0.39, 0.29) is 0 Å². The number of rotatable bonds is 3. The number of aromatic nitrogens is 1. The molecule has 0 radical (unpaired) electrons. The molecule has 2 rings (SSSR count). The van der Waals surface area contributed by atoms with Crippen LogP contribution >= 0.6 is 0 Å². The number of nitrogens with zero attached hydrogens (tertiary/aromatic N) is 1. The third-order valence-electron chi connectivity index (χ3n) is 3.47. The molecule has 0 aliphatic heterocycles. The van der Waals surface area contributed by atoms with Gasteiger partial charge in [-0.25, -0.2) is 4.98 Å². The Kier molecular flexibility index (Phi) is 3.78. The van der Waals surface area contributed by atoms with Gasteiger partial charge in [-0.1, -0.05) is 13.3 Å². The van der Waals surface area contributed by atoms with Crippen LogP contribution < -0.4 is 5.32 Å². The Morgan fingerprint density at radius 3 is 2.61 bits per heavy atom. The van der Waals surface area contributed by atoms with E-state index in [2.05, 4.69) is 17.2 Å². The molecule has 1 saturated carbocycles. The molecule has 0 spiro atoms. The van der Waals surface area contributed by atoms with E-state index in [4.69, 9.17) is 0 Å². The van der Waals surface area contributed by atoms with Crippen molar-refractivity contribution in [3.63, 3.8) is 0 Å². The zero-order valence-corrected chi connectivity index (χ0v) is 10.3. The highest BCUT2D eigenvalue weighted by Gasteiger charge is 2.30. The standard InChI is InChI=1S/C13H17F3N2/c1-9-2-3-10(6-9)7-17-12-5-4-11(8-18-12)13(14,15)16/h4-5,8-10H,2-3,6-7H2,1H3,(H,17,18). The number of hydrogen-bond donors (Lipinski definition) is 1. The summed E-state index contributed by atoms with van der Waals surface area (Å²) in [6.07, 6.45) is 0.182. The molecule has 1 N–H and O–H groups in total. The smallest absolute Gasteiger partial charge is 0.370 e. The highest BCUT2D eigenvalue weighted by Crippen LogP contribution is 2.31. The monoisotopic (exact) mass is 258 g/mol. The molecule has 1 fully saturated rings. The number of nitrogens with one attached hydrogen (secondary N) is 1. The van der Waals surface area contributed by atoms with Crippen molar-refractivity contribution < 1.29 is 13.2 Å². The van der Waals surface area contributed by atoms with Crippen LogP contribution in [-0.4, -0.2) is 11.5 Å². The maximum Gasteiger partial charge on any atom is 0.417 e. The minimum absolute atomic E-state index is 0.516. The Balaban J connectivity index is 1.87. The van der Waals surface area contributed by atoms with Gasteiger partial charge < -0.3 is 5.32 Å². The van der Waals surface area contributed by atoms with Crippen LogP contribution in [0.1, 0.15) is 31.7 Å². The van der Waals surface area contributed by atoms with Gasteiger partial charge in [0.2, 0.25) is 0 Å². The van der Waals surface area contributed by atoms with Crippen LogP contribution in [0.15, 0.2) is 18.3 Å². The van der Waals surface area contributed by atoms with Crippen molar-refractivity contribution in [2.45, 2.75) is 32.4 Å². The predicted molar refractivity (Wildman–Crippen MR) is 64.2 cm³/mol. The SMILES string of the molecule is CC1CCC(CNc2ccc(C(F)(F)F)cn2)C1. The van der Waals surface area contributed by atoms with Crippen LogP contribution in [0.3, 0.4) is 0 Å². The fourth-order valence-corrected chi connectivity index (χ4v) is 2.43. The highest BCUT2D eigenvalue weighted by molar-refractivity contribution is 5.36. The second-order valence-electron chi connectivity index (χ2n) is 5.10. The molecule has 1 aromatic rings. The van der Waals surface area contributed by atoms with Crippen LogP contribution in [0.5, 0.6) is 0 Å². The second kappa shape index (κ2) is 5.16. The molecule has 1 aromatic heterocycles. The van der Waals surface area contributed by atoms with Gasteiger partial charge in [0.15, 0.2) is 0 Å². The number of pyridine rings is 1. The fourth-order valence-electron chi connectivity index (χ4n) is 2.43. The van der Waals surface area contributed by atoms with Crippen LogP contribution in [0.2, 0.25) is 0 Å². The van der Waals surface area contributed by atoms with Gasteiger partial charge in [0.1, 0.15) is 5.82 Å². The summed E-state index contributed by atoms with van der Waals surface area (Å²) < 4.78 is 37.0. The first-order chi connectivity index (χ1) is 8.45. The van der Waals surface area contributed by atoms with Crippen LogP contribution in [-0.2, 0) is 6.18 Å². The van der Waals surface area contributed by atoms with Gasteiger partial charge in [-0.3, -0.25) is 0 Å². The topological polar surface area (TPSA) is 24.9 Å². The molecule has 2 nitrogen and oxygen atoms in total. The lowest BCUT2D eigenvalue weighted by atomic mass is 10.1. The van der Waals surface area contributed by atoms with E-state index in [1.54, 1.807) is 0 Å². The van der Waals surface area contributed by atoms with Gasteiger partial charge >= 0.3 is 6.18 Å². The largest absolute Gasteiger partial charge is 0.417 e. The highest BCUT2D eigenvalue weighted by atomic mass is 19.4. The van der Waals surface area contributed by atoms with E-state index in [1.807, 2.05) is 0 Å². The molecule has 2 unspecified atom stereocenters. The van der Waals surface area contributed by atoms with E-state index in [0.717, 1.165) is 24.7 Å². The molecule has 0 amide bonds. The maximum atomic E-state index is 12.3. The average Bonchev–Trinajstić information content (AvgIpc) is 2.72. The van der Waals surface area contributed by atoms with Gasteiger partial charge in [-0.2, -0.15) is 13.2 Å². The zero-order valence-electron chi connectivity index (χ0n) is 10.3. The van der Waals surface area contributed by atoms with Crippen molar-refractivity contribution in [1.29, 1.82) is 0 Å². The molecule has 18 heavy (non-hydrogen) atoms. The Bertz CT molecular complexity index is 386. The molecule has 1 aliphatic carbocycles. The molecular weight excluding hydrogens is 241 g/mol. The summed E-state index contributed by atoms with van der Waals surface area (Å²) in [7, 11) is 0. The molecule has 5 heteroatoms. The Labute approximate surface area is 105 Å². The lowest BCUT2D eigenvalue weighted by Gasteiger charge is -2.12. The molecule has 1 heterocycles. The Morgan fingerprint density at radius 1 is 1.33 bits per heavy atom. The lowest BCUT2D eigenvalue weighted by Crippen LogP contribution is -2.13. The third kappa shape index (κ3) is 3.37. The summed E-state index contributed by atoms with van der Waals surface area (Å²) in [5.41, 5.74) is -0.706. The second-order valence-corrected chi connectivity index (χ2v) is 5.10. The fraction of sp³-hybridized carbons (Fsp3) is 0.615. The molecular formula is C13H17F3N2.